The smallest absolute Gasteiger partial charge is 0.268 e. The molecule has 0 aromatic carbocycles. The van der Waals surface area contributed by atoms with E-state index in [4.69, 9.17) is 9.81 Å². The van der Waals surface area contributed by atoms with E-state index in [9.17, 15) is 26.9 Å². The first-order valence-electron chi connectivity index (χ1n) is 2.21. The molecule has 0 aliphatic carbocycles. The number of nitro groups is 1. The monoisotopic (exact) mass is 231 g/mol. The lowest BCUT2D eigenvalue weighted by atomic mass is 11.5. The summed E-state index contributed by atoms with van der Waals surface area (Å²) in [7, 11) is -11.1. The summed E-state index contributed by atoms with van der Waals surface area (Å²) in [6.07, 6.45) is 0.429. The van der Waals surface area contributed by atoms with Crippen molar-refractivity contribution in [3.05, 3.63) is 10.1 Å². The minimum absolute atomic E-state index is 0.429. The highest BCUT2D eigenvalue weighted by Gasteiger charge is 2.42. The highest BCUT2D eigenvalue weighted by Crippen LogP contribution is 2.05. The Bertz CT molecular complexity index is 450. The Morgan fingerprint density at radius 2 is 1.77 bits per heavy atom. The van der Waals surface area contributed by atoms with Gasteiger partial charge in [-0.05, 0) is 3.71 Å². The molecule has 0 bridgehead atoms. The molecular formula is CHN3O7S2. The average molecular weight is 231 g/mol. The second kappa shape index (κ2) is 3.12. The molecule has 0 rings (SSSR count). The number of hydrogen-bond acceptors (Lipinski definition) is 7. The molecular weight excluding hydrogens is 230 g/mol. The predicted molar refractivity (Wildman–Crippen MR) is 34.9 cm³/mol. The van der Waals surface area contributed by atoms with E-state index < -0.39 is 28.6 Å². The van der Waals surface area contributed by atoms with E-state index in [1.807, 2.05) is 0 Å². The molecule has 10 nitrogen and oxygen atoms in total. The SMILES string of the molecule is N#CN(S(=O)(=O)O)S(=O)(=O)[N+](=O)[O-]. The van der Waals surface area contributed by atoms with Crippen molar-refractivity contribution in [3.63, 3.8) is 0 Å². The van der Waals surface area contributed by atoms with Crippen LogP contribution in [0.15, 0.2) is 0 Å². The quantitative estimate of drug-likeness (QED) is 0.193. The van der Waals surface area contributed by atoms with Gasteiger partial charge in [0.05, 0.1) is 0 Å². The zero-order valence-electron chi connectivity index (χ0n) is 5.55. The van der Waals surface area contributed by atoms with Crippen LogP contribution >= 0.6 is 0 Å². The molecule has 74 valence electrons. The van der Waals surface area contributed by atoms with E-state index in [-0.39, 0.29) is 0 Å². The van der Waals surface area contributed by atoms with Gasteiger partial charge in [0.25, 0.3) is 0 Å². The van der Waals surface area contributed by atoms with E-state index in [2.05, 4.69) is 0 Å². The van der Waals surface area contributed by atoms with E-state index in [1.165, 1.54) is 0 Å². The maximum Gasteiger partial charge on any atom is 0.548 e. The van der Waals surface area contributed by atoms with Crippen LogP contribution in [-0.4, -0.2) is 29.4 Å². The molecule has 12 heteroatoms. The van der Waals surface area contributed by atoms with Gasteiger partial charge >= 0.3 is 20.5 Å². The summed E-state index contributed by atoms with van der Waals surface area (Å²) in [5.41, 5.74) is 0. The molecule has 0 spiro atoms. The topological polar surface area (TPSA) is 159 Å². The Balaban J connectivity index is 5.58. The van der Waals surface area contributed by atoms with Crippen LogP contribution < -0.4 is 0 Å². The molecule has 0 atom stereocenters. The fourth-order valence-electron chi connectivity index (χ4n) is 0.283. The Morgan fingerprint density at radius 1 is 1.38 bits per heavy atom. The largest absolute Gasteiger partial charge is 0.548 e. The van der Waals surface area contributed by atoms with Gasteiger partial charge in [-0.2, -0.15) is 13.7 Å². The second-order valence-corrected chi connectivity index (χ2v) is 4.53. The number of nitriles is 1. The molecule has 0 amide bonds. The third kappa shape index (κ3) is 2.24. The molecule has 0 saturated carbocycles. The highest BCUT2D eigenvalue weighted by atomic mass is 32.3. The number of hydrogen-bond donors (Lipinski definition) is 1. The van der Waals surface area contributed by atoms with Gasteiger partial charge in [0.2, 0.25) is 6.19 Å². The van der Waals surface area contributed by atoms with Crippen molar-refractivity contribution < 1.29 is 25.7 Å². The molecule has 0 saturated heterocycles. The predicted octanol–water partition coefficient (Wildman–Crippen LogP) is -1.91. The van der Waals surface area contributed by atoms with Crippen LogP contribution in [-0.2, 0) is 20.5 Å². The lowest BCUT2D eigenvalue weighted by molar-refractivity contribution is -0.309. The third-order valence-corrected chi connectivity index (χ3v) is 3.20. The summed E-state index contributed by atoms with van der Waals surface area (Å²) < 4.78 is 45.6. The molecule has 0 fully saturated rings. The van der Waals surface area contributed by atoms with Crippen molar-refractivity contribution in [1.82, 2.24) is 3.71 Å². The molecule has 0 unspecified atom stereocenters. The van der Waals surface area contributed by atoms with Crippen molar-refractivity contribution in [2.45, 2.75) is 0 Å². The standard InChI is InChI=1S/CHN3O7S2/c2-1-3(13(9,10)11)12(7,8)4(5)6/h(H,9,10,11). The van der Waals surface area contributed by atoms with Crippen molar-refractivity contribution >= 4 is 20.5 Å². The van der Waals surface area contributed by atoms with E-state index in [0.717, 1.165) is 0 Å². The first-order chi connectivity index (χ1) is 5.64. The fourth-order valence-corrected chi connectivity index (χ4v) is 1.73. The Labute approximate surface area is 72.2 Å². The van der Waals surface area contributed by atoms with Crippen molar-refractivity contribution in [1.29, 1.82) is 5.26 Å². The normalized spacial score (nSPS) is 11.7. The van der Waals surface area contributed by atoms with Gasteiger partial charge in [-0.3, -0.25) is 4.55 Å². The summed E-state index contributed by atoms with van der Waals surface area (Å²) in [5.74, 6) is 0. The molecule has 0 heterocycles. The van der Waals surface area contributed by atoms with Crippen molar-refractivity contribution in [2.75, 3.05) is 0 Å². The van der Waals surface area contributed by atoms with Gasteiger partial charge in [0.15, 0.2) is 4.33 Å². The van der Waals surface area contributed by atoms with E-state index >= 15 is 0 Å². The van der Waals surface area contributed by atoms with Crippen molar-refractivity contribution in [2.24, 2.45) is 0 Å². The van der Waals surface area contributed by atoms with Gasteiger partial charge in [0.1, 0.15) is 0 Å². The van der Waals surface area contributed by atoms with Crippen LogP contribution in [0.25, 0.3) is 0 Å². The number of rotatable bonds is 3. The number of nitrogens with zero attached hydrogens (tertiary/aromatic N) is 3. The average Bonchev–Trinajstić information content (AvgIpc) is 1.83. The van der Waals surface area contributed by atoms with Crippen molar-refractivity contribution in [3.8, 4) is 6.19 Å². The van der Waals surface area contributed by atoms with Crippen LogP contribution in [0.1, 0.15) is 0 Å². The minimum Gasteiger partial charge on any atom is -0.268 e. The van der Waals surface area contributed by atoms with Gasteiger partial charge in [-0.25, -0.2) is 10.1 Å². The second-order valence-electron chi connectivity index (χ2n) is 1.48. The summed E-state index contributed by atoms with van der Waals surface area (Å²) in [4.78, 5) is 9.72. The minimum atomic E-state index is -5.59. The third-order valence-electron chi connectivity index (χ3n) is 0.689. The zero-order chi connectivity index (χ0) is 10.9. The molecule has 0 aromatic heterocycles. The van der Waals surface area contributed by atoms with E-state index in [0.29, 0.717) is 6.19 Å². The van der Waals surface area contributed by atoms with Crippen LogP contribution in [0, 0.1) is 21.6 Å². The maximum atomic E-state index is 10.4. The van der Waals surface area contributed by atoms with Gasteiger partial charge in [-0.15, -0.1) is 8.42 Å². The summed E-state index contributed by atoms with van der Waals surface area (Å²) >= 11 is 0. The Kier molecular flexibility index (Phi) is 2.78. The van der Waals surface area contributed by atoms with Crippen LogP contribution in [0.4, 0.5) is 0 Å². The van der Waals surface area contributed by atoms with Gasteiger partial charge < -0.3 is 0 Å². The van der Waals surface area contributed by atoms with Gasteiger partial charge in [-0.1, -0.05) is 0 Å². The Hall–Kier alpha value is -1.45. The molecule has 1 N–H and O–H groups in total. The molecule has 13 heavy (non-hydrogen) atoms. The molecule has 0 aromatic rings. The Morgan fingerprint density at radius 3 is 1.85 bits per heavy atom. The zero-order valence-corrected chi connectivity index (χ0v) is 7.19. The molecule has 0 radical (unpaired) electrons. The lowest BCUT2D eigenvalue weighted by Gasteiger charge is -2.02. The van der Waals surface area contributed by atoms with Gasteiger partial charge in [0, 0.05) is 0 Å². The fraction of sp³-hybridized carbons (Fsp3) is 0. The first-order valence-corrected chi connectivity index (χ1v) is 5.00. The first kappa shape index (κ1) is 11.6. The van der Waals surface area contributed by atoms with E-state index in [1.54, 1.807) is 0 Å². The summed E-state index contributed by atoms with van der Waals surface area (Å²) in [5, 5.41) is 17.6. The van der Waals surface area contributed by atoms with Crippen LogP contribution in [0.5, 0.6) is 0 Å². The maximum absolute atomic E-state index is 10.4. The summed E-state index contributed by atoms with van der Waals surface area (Å²) in [6.45, 7) is 0. The highest BCUT2D eigenvalue weighted by molar-refractivity contribution is 7.98. The van der Waals surface area contributed by atoms with Crippen LogP contribution in [0.3, 0.4) is 0 Å². The molecule has 0 aliphatic rings. The molecule has 0 aliphatic heterocycles. The lowest BCUT2D eigenvalue weighted by Crippen LogP contribution is -2.36. The summed E-state index contributed by atoms with van der Waals surface area (Å²) in [6, 6.07) is 0. The van der Waals surface area contributed by atoms with Crippen LogP contribution in [0.2, 0.25) is 0 Å².